The topological polar surface area (TPSA) is 73.1 Å². The molecule has 4 rings (SSSR count). The summed E-state index contributed by atoms with van der Waals surface area (Å²) in [6, 6.07) is 18.4. The van der Waals surface area contributed by atoms with Crippen molar-refractivity contribution in [2.75, 3.05) is 19.0 Å². The van der Waals surface area contributed by atoms with Crippen LogP contribution in [0.1, 0.15) is 30.9 Å². The van der Waals surface area contributed by atoms with E-state index in [1.807, 2.05) is 24.3 Å². The molecule has 1 N–H and O–H groups in total. The minimum Gasteiger partial charge on any atom is -0.380 e. The first kappa shape index (κ1) is 21.7. The van der Waals surface area contributed by atoms with Gasteiger partial charge in [0.25, 0.3) is 5.89 Å². The van der Waals surface area contributed by atoms with Crippen molar-refractivity contribution < 1.29 is 9.26 Å². The van der Waals surface area contributed by atoms with Gasteiger partial charge in [0.2, 0.25) is 5.82 Å². The first-order valence-corrected chi connectivity index (χ1v) is 10.9. The Balaban J connectivity index is 1.58. The summed E-state index contributed by atoms with van der Waals surface area (Å²) in [5, 5.41) is 7.47. The lowest BCUT2D eigenvalue weighted by Gasteiger charge is -2.12. The molecule has 2 heterocycles. The number of methoxy groups -OCH3 is 1. The molecule has 6 nitrogen and oxygen atoms in total. The second-order valence-corrected chi connectivity index (χ2v) is 7.76. The molecule has 0 atom stereocenters. The summed E-state index contributed by atoms with van der Waals surface area (Å²) in [7, 11) is 1.70. The molecule has 0 saturated carbocycles. The van der Waals surface area contributed by atoms with Crippen LogP contribution in [0.15, 0.2) is 65.3 Å². The van der Waals surface area contributed by atoms with Gasteiger partial charge in [-0.25, -0.2) is 4.98 Å². The molecule has 2 aromatic carbocycles. The van der Waals surface area contributed by atoms with Gasteiger partial charge in [-0.15, -0.1) is 0 Å². The summed E-state index contributed by atoms with van der Waals surface area (Å²) in [4.78, 5) is 9.05. The maximum Gasteiger partial charge on any atom is 0.258 e. The largest absolute Gasteiger partial charge is 0.380 e. The third-order valence-electron chi connectivity index (χ3n) is 5.37. The normalized spacial score (nSPS) is 11.0. The number of aromatic nitrogens is 3. The molecule has 4 aromatic rings. The molecular weight excluding hydrogens is 400 g/mol. The van der Waals surface area contributed by atoms with E-state index in [1.165, 1.54) is 11.1 Å². The quantitative estimate of drug-likeness (QED) is 0.323. The summed E-state index contributed by atoms with van der Waals surface area (Å²) in [6.45, 7) is 5.69. The highest BCUT2D eigenvalue weighted by Gasteiger charge is 2.15. The number of anilines is 1. The van der Waals surface area contributed by atoms with Crippen LogP contribution in [0, 0.1) is 6.92 Å². The molecule has 2 aromatic heterocycles. The summed E-state index contributed by atoms with van der Waals surface area (Å²) in [5.41, 5.74) is 6.30. The lowest BCUT2D eigenvalue weighted by molar-refractivity contribution is 0.185. The predicted octanol–water partition coefficient (Wildman–Crippen LogP) is 6.13. The molecular formula is C26H28N4O2. The Labute approximate surface area is 188 Å². The summed E-state index contributed by atoms with van der Waals surface area (Å²) >= 11 is 0. The van der Waals surface area contributed by atoms with Gasteiger partial charge in [0, 0.05) is 31.0 Å². The Morgan fingerprint density at radius 3 is 2.59 bits per heavy atom. The predicted molar refractivity (Wildman–Crippen MR) is 127 cm³/mol. The van der Waals surface area contributed by atoms with Crippen molar-refractivity contribution in [1.29, 1.82) is 0 Å². The van der Waals surface area contributed by atoms with E-state index >= 15 is 0 Å². The fraction of sp³-hybridized carbons (Fsp3) is 0.269. The van der Waals surface area contributed by atoms with E-state index in [0.717, 1.165) is 47.5 Å². The van der Waals surface area contributed by atoms with E-state index in [4.69, 9.17) is 9.26 Å². The van der Waals surface area contributed by atoms with E-state index in [-0.39, 0.29) is 0 Å². The highest BCUT2D eigenvalue weighted by atomic mass is 16.5. The van der Waals surface area contributed by atoms with Crippen LogP contribution >= 0.6 is 0 Å². The minimum atomic E-state index is 0.471. The van der Waals surface area contributed by atoms with E-state index in [2.05, 4.69) is 64.6 Å². The second kappa shape index (κ2) is 10.2. The van der Waals surface area contributed by atoms with E-state index in [9.17, 15) is 0 Å². The van der Waals surface area contributed by atoms with E-state index in [0.29, 0.717) is 18.3 Å². The van der Waals surface area contributed by atoms with Gasteiger partial charge in [0.15, 0.2) is 0 Å². The number of hydrogen-bond donors (Lipinski definition) is 1. The maximum absolute atomic E-state index is 5.57. The number of benzene rings is 2. The van der Waals surface area contributed by atoms with Crippen LogP contribution < -0.4 is 5.32 Å². The molecule has 164 valence electrons. The van der Waals surface area contributed by atoms with E-state index in [1.54, 1.807) is 13.3 Å². The maximum atomic E-state index is 5.57. The third kappa shape index (κ3) is 4.86. The standard InChI is InChI=1S/C26H28N4O2/c1-4-5-14-27-24-13-11-20(16-28-24)25-29-26(32-30-25)19-10-12-23(21(15-19)17-31-3)22-9-7-6-8-18(22)2/h6-13,15-16H,4-5,14,17H2,1-3H3,(H,27,28). The Kier molecular flexibility index (Phi) is 6.92. The zero-order valence-electron chi connectivity index (χ0n) is 18.8. The first-order valence-electron chi connectivity index (χ1n) is 10.9. The van der Waals surface area contributed by atoms with Crippen LogP contribution in [0.2, 0.25) is 0 Å². The van der Waals surface area contributed by atoms with Gasteiger partial charge in [-0.3, -0.25) is 0 Å². The van der Waals surface area contributed by atoms with Gasteiger partial charge >= 0.3 is 0 Å². The molecule has 0 unspecified atom stereocenters. The van der Waals surface area contributed by atoms with Gasteiger partial charge in [0.05, 0.1) is 6.61 Å². The Morgan fingerprint density at radius 2 is 1.84 bits per heavy atom. The zero-order valence-corrected chi connectivity index (χ0v) is 18.8. The van der Waals surface area contributed by atoms with E-state index < -0.39 is 0 Å². The van der Waals surface area contributed by atoms with Gasteiger partial charge in [0.1, 0.15) is 5.82 Å². The van der Waals surface area contributed by atoms with Gasteiger partial charge in [-0.2, -0.15) is 4.98 Å². The number of pyridine rings is 1. The van der Waals surface area contributed by atoms with Crippen LogP contribution in [0.4, 0.5) is 5.82 Å². The van der Waals surface area contributed by atoms with Gasteiger partial charge < -0.3 is 14.6 Å². The number of ether oxygens (including phenoxy) is 1. The number of nitrogens with one attached hydrogen (secondary N) is 1. The highest BCUT2D eigenvalue weighted by molar-refractivity contribution is 5.74. The monoisotopic (exact) mass is 428 g/mol. The number of hydrogen-bond acceptors (Lipinski definition) is 6. The lowest BCUT2D eigenvalue weighted by Crippen LogP contribution is -2.02. The smallest absolute Gasteiger partial charge is 0.258 e. The van der Waals surface area contributed by atoms with Crippen molar-refractivity contribution in [3.63, 3.8) is 0 Å². The minimum absolute atomic E-state index is 0.471. The molecule has 6 heteroatoms. The first-order chi connectivity index (χ1) is 15.7. The molecule has 0 radical (unpaired) electrons. The SMILES string of the molecule is CCCCNc1ccc(-c2noc(-c3ccc(-c4ccccc4C)c(COC)c3)n2)cn1. The summed E-state index contributed by atoms with van der Waals surface area (Å²) < 4.78 is 11.0. The van der Waals surface area contributed by atoms with Crippen LogP contribution in [0.5, 0.6) is 0 Å². The van der Waals surface area contributed by atoms with Crippen molar-refractivity contribution in [1.82, 2.24) is 15.1 Å². The molecule has 0 aliphatic heterocycles. The molecule has 0 aliphatic rings. The van der Waals surface area contributed by atoms with Crippen molar-refractivity contribution in [3.05, 3.63) is 71.9 Å². The van der Waals surface area contributed by atoms with Crippen LogP contribution in [-0.4, -0.2) is 28.8 Å². The zero-order chi connectivity index (χ0) is 22.3. The molecule has 0 amide bonds. The molecule has 32 heavy (non-hydrogen) atoms. The lowest BCUT2D eigenvalue weighted by atomic mass is 9.94. The number of nitrogens with zero attached hydrogens (tertiary/aromatic N) is 3. The summed E-state index contributed by atoms with van der Waals surface area (Å²) in [5.74, 6) is 1.84. The van der Waals surface area contributed by atoms with Crippen LogP contribution in [-0.2, 0) is 11.3 Å². The Morgan fingerprint density at radius 1 is 1.00 bits per heavy atom. The van der Waals surface area contributed by atoms with Crippen molar-refractivity contribution in [3.8, 4) is 34.0 Å². The van der Waals surface area contributed by atoms with Crippen LogP contribution in [0.25, 0.3) is 34.0 Å². The highest BCUT2D eigenvalue weighted by Crippen LogP contribution is 2.31. The third-order valence-corrected chi connectivity index (χ3v) is 5.37. The fourth-order valence-electron chi connectivity index (χ4n) is 3.62. The number of unbranched alkanes of at least 4 members (excludes halogenated alkanes) is 1. The van der Waals surface area contributed by atoms with Crippen LogP contribution in [0.3, 0.4) is 0 Å². The number of rotatable bonds is 9. The molecule has 0 spiro atoms. The number of aryl methyl sites for hydroxylation is 1. The molecule has 0 aliphatic carbocycles. The molecule has 0 saturated heterocycles. The molecule has 0 fully saturated rings. The fourth-order valence-corrected chi connectivity index (χ4v) is 3.62. The average molecular weight is 429 g/mol. The van der Waals surface area contributed by atoms with Gasteiger partial charge in [-0.1, -0.05) is 48.8 Å². The second-order valence-electron chi connectivity index (χ2n) is 7.76. The average Bonchev–Trinajstić information content (AvgIpc) is 3.31. The Hall–Kier alpha value is -3.51. The summed E-state index contributed by atoms with van der Waals surface area (Å²) in [6.07, 6.45) is 4.03. The van der Waals surface area contributed by atoms with Crippen molar-refractivity contribution >= 4 is 5.82 Å². The molecule has 0 bridgehead atoms. The van der Waals surface area contributed by atoms with Crippen molar-refractivity contribution in [2.45, 2.75) is 33.3 Å². The Bertz CT molecular complexity index is 1170. The van der Waals surface area contributed by atoms with Crippen molar-refractivity contribution in [2.24, 2.45) is 0 Å². The van der Waals surface area contributed by atoms with Gasteiger partial charge in [-0.05, 0) is 59.9 Å².